The first-order valence-corrected chi connectivity index (χ1v) is 4.57. The van der Waals surface area contributed by atoms with Crippen LogP contribution in [0.3, 0.4) is 0 Å². The number of aromatic carboxylic acids is 1. The predicted molar refractivity (Wildman–Crippen MR) is 54.8 cm³/mol. The molecule has 3 nitrogen and oxygen atoms in total. The van der Waals surface area contributed by atoms with Gasteiger partial charge in [-0.2, -0.15) is 0 Å². The van der Waals surface area contributed by atoms with Crippen LogP contribution in [-0.4, -0.2) is 15.6 Å². The molecule has 0 aliphatic carbocycles. The Bertz CT molecular complexity index is 562. The molecule has 0 saturated heterocycles. The molecule has 1 heterocycles. The maximum Gasteiger partial charge on any atom is 0.352 e. The molecule has 0 aliphatic heterocycles. The summed E-state index contributed by atoms with van der Waals surface area (Å²) < 4.78 is 14.5. The highest BCUT2D eigenvalue weighted by Gasteiger charge is 2.15. The van der Waals surface area contributed by atoms with Crippen LogP contribution < -0.4 is 0 Å². The van der Waals surface area contributed by atoms with E-state index in [-0.39, 0.29) is 10.7 Å². The van der Waals surface area contributed by atoms with Gasteiger partial charge in [-0.1, -0.05) is 11.6 Å². The second-order valence-electron chi connectivity index (χ2n) is 3.19. The zero-order chi connectivity index (χ0) is 11.2. The summed E-state index contributed by atoms with van der Waals surface area (Å²) in [5.41, 5.74) is 0.478. The number of aromatic nitrogens is 1. The van der Waals surface area contributed by atoms with Gasteiger partial charge >= 0.3 is 5.97 Å². The van der Waals surface area contributed by atoms with E-state index in [9.17, 15) is 9.18 Å². The van der Waals surface area contributed by atoms with Crippen molar-refractivity contribution in [3.05, 3.63) is 34.7 Å². The molecule has 2 aromatic rings. The largest absolute Gasteiger partial charge is 0.477 e. The number of carbonyl (C=O) groups is 1. The van der Waals surface area contributed by atoms with Crippen LogP contribution in [0, 0.1) is 5.82 Å². The van der Waals surface area contributed by atoms with Gasteiger partial charge in [0, 0.05) is 12.4 Å². The molecule has 0 saturated carbocycles. The van der Waals surface area contributed by atoms with Crippen LogP contribution in [0.5, 0.6) is 0 Å². The Kier molecular flexibility index (Phi) is 2.16. The minimum absolute atomic E-state index is 0.0532. The maximum atomic E-state index is 13.1. The summed E-state index contributed by atoms with van der Waals surface area (Å²) in [5, 5.41) is 9.43. The number of rotatable bonds is 1. The summed E-state index contributed by atoms with van der Waals surface area (Å²) in [6.07, 6.45) is 0. The van der Waals surface area contributed by atoms with Crippen LogP contribution in [0.4, 0.5) is 4.39 Å². The van der Waals surface area contributed by atoms with Crippen molar-refractivity contribution in [2.45, 2.75) is 0 Å². The van der Waals surface area contributed by atoms with Crippen molar-refractivity contribution in [3.8, 4) is 0 Å². The summed E-state index contributed by atoms with van der Waals surface area (Å²) in [4.78, 5) is 10.8. The second kappa shape index (κ2) is 3.24. The molecule has 78 valence electrons. The number of aryl methyl sites for hydroxylation is 1. The summed E-state index contributed by atoms with van der Waals surface area (Å²) >= 11 is 5.76. The lowest BCUT2D eigenvalue weighted by Crippen LogP contribution is -2.03. The fourth-order valence-electron chi connectivity index (χ4n) is 1.58. The van der Waals surface area contributed by atoms with Gasteiger partial charge in [0.05, 0.1) is 5.52 Å². The average Bonchev–Trinajstić information content (AvgIpc) is 2.50. The Morgan fingerprint density at radius 3 is 2.80 bits per heavy atom. The van der Waals surface area contributed by atoms with Crippen molar-refractivity contribution in [3.63, 3.8) is 0 Å². The van der Waals surface area contributed by atoms with E-state index >= 15 is 0 Å². The molecule has 1 N–H and O–H groups in total. The predicted octanol–water partition coefficient (Wildman–Crippen LogP) is 2.67. The summed E-state index contributed by atoms with van der Waals surface area (Å²) in [6.45, 7) is 0. The standard InChI is InChI=1S/C10H7ClFNO2/c1-13-7(10(14)15)4-5-2-3-6(12)8(11)9(5)13/h2-4H,1H3,(H,14,15). The van der Waals surface area contributed by atoms with E-state index in [0.717, 1.165) is 0 Å². The first-order valence-electron chi connectivity index (χ1n) is 4.19. The highest BCUT2D eigenvalue weighted by atomic mass is 35.5. The van der Waals surface area contributed by atoms with Crippen LogP contribution in [0.25, 0.3) is 10.9 Å². The average molecular weight is 228 g/mol. The normalized spacial score (nSPS) is 10.9. The number of halogens is 2. The number of hydrogen-bond acceptors (Lipinski definition) is 1. The smallest absolute Gasteiger partial charge is 0.352 e. The molecule has 0 unspecified atom stereocenters. The zero-order valence-corrected chi connectivity index (χ0v) is 8.55. The van der Waals surface area contributed by atoms with Gasteiger partial charge in [0.15, 0.2) is 0 Å². The van der Waals surface area contributed by atoms with Gasteiger partial charge in [0.2, 0.25) is 0 Å². The molecule has 15 heavy (non-hydrogen) atoms. The topological polar surface area (TPSA) is 42.2 Å². The SMILES string of the molecule is Cn1c(C(=O)O)cc2ccc(F)c(Cl)c21. The summed E-state index contributed by atoms with van der Waals surface area (Å²) in [5.74, 6) is -1.62. The van der Waals surface area contributed by atoms with Gasteiger partial charge in [-0.25, -0.2) is 9.18 Å². The fraction of sp³-hybridized carbons (Fsp3) is 0.100. The molecular weight excluding hydrogens is 221 g/mol. The first-order chi connectivity index (χ1) is 7.02. The molecule has 5 heteroatoms. The molecule has 0 atom stereocenters. The van der Waals surface area contributed by atoms with E-state index in [1.54, 1.807) is 0 Å². The Labute approximate surface area is 89.7 Å². The van der Waals surface area contributed by atoms with Gasteiger partial charge in [-0.15, -0.1) is 0 Å². The lowest BCUT2D eigenvalue weighted by Gasteiger charge is -2.01. The lowest BCUT2D eigenvalue weighted by atomic mass is 10.2. The molecule has 0 aliphatic rings. The molecule has 0 amide bonds. The third kappa shape index (κ3) is 1.37. The van der Waals surface area contributed by atoms with Crippen molar-refractivity contribution in [2.24, 2.45) is 7.05 Å². The Hall–Kier alpha value is -1.55. The van der Waals surface area contributed by atoms with E-state index in [4.69, 9.17) is 16.7 Å². The quantitative estimate of drug-likeness (QED) is 0.814. The molecule has 0 spiro atoms. The van der Waals surface area contributed by atoms with E-state index in [1.807, 2.05) is 0 Å². The number of fused-ring (bicyclic) bond motifs is 1. The van der Waals surface area contributed by atoms with Crippen LogP contribution >= 0.6 is 11.6 Å². The Balaban J connectivity index is 2.89. The van der Waals surface area contributed by atoms with E-state index < -0.39 is 11.8 Å². The van der Waals surface area contributed by atoms with Crippen molar-refractivity contribution in [2.75, 3.05) is 0 Å². The highest BCUT2D eigenvalue weighted by molar-refractivity contribution is 6.35. The molecule has 1 aromatic heterocycles. The molecular formula is C10H7ClFNO2. The van der Waals surface area contributed by atoms with Gasteiger partial charge in [-0.05, 0) is 18.2 Å². The minimum Gasteiger partial charge on any atom is -0.477 e. The molecule has 0 fully saturated rings. The molecule has 1 aromatic carbocycles. The monoisotopic (exact) mass is 227 g/mol. The van der Waals surface area contributed by atoms with E-state index in [2.05, 4.69) is 0 Å². The summed E-state index contributed by atoms with van der Waals surface area (Å²) in [6, 6.07) is 4.18. The minimum atomic E-state index is -1.06. The van der Waals surface area contributed by atoms with Gasteiger partial charge < -0.3 is 9.67 Å². The van der Waals surface area contributed by atoms with Gasteiger partial charge in [0.25, 0.3) is 0 Å². The van der Waals surface area contributed by atoms with Gasteiger partial charge in [0.1, 0.15) is 16.5 Å². The highest BCUT2D eigenvalue weighted by Crippen LogP contribution is 2.28. The number of hydrogen-bond donors (Lipinski definition) is 1. The van der Waals surface area contributed by atoms with Crippen LogP contribution in [0.15, 0.2) is 18.2 Å². The zero-order valence-electron chi connectivity index (χ0n) is 7.79. The Morgan fingerprint density at radius 1 is 1.53 bits per heavy atom. The molecule has 0 radical (unpaired) electrons. The first kappa shape index (κ1) is 9.98. The van der Waals surface area contributed by atoms with Crippen molar-refractivity contribution in [1.82, 2.24) is 4.57 Å². The van der Waals surface area contributed by atoms with Crippen molar-refractivity contribution in [1.29, 1.82) is 0 Å². The number of carboxylic acid groups (broad SMARTS) is 1. The third-order valence-corrected chi connectivity index (χ3v) is 2.67. The Morgan fingerprint density at radius 2 is 2.20 bits per heavy atom. The van der Waals surface area contributed by atoms with Crippen LogP contribution in [0.1, 0.15) is 10.5 Å². The number of benzene rings is 1. The van der Waals surface area contributed by atoms with Crippen molar-refractivity contribution < 1.29 is 14.3 Å². The van der Waals surface area contributed by atoms with Crippen LogP contribution in [0.2, 0.25) is 5.02 Å². The van der Waals surface area contributed by atoms with E-state index in [1.165, 1.54) is 29.8 Å². The maximum absolute atomic E-state index is 13.1. The lowest BCUT2D eigenvalue weighted by molar-refractivity contribution is 0.0687. The molecule has 2 rings (SSSR count). The fourth-order valence-corrected chi connectivity index (χ4v) is 1.88. The molecule has 0 bridgehead atoms. The van der Waals surface area contributed by atoms with E-state index in [0.29, 0.717) is 10.9 Å². The van der Waals surface area contributed by atoms with Crippen LogP contribution in [-0.2, 0) is 7.05 Å². The summed E-state index contributed by atoms with van der Waals surface area (Å²) in [7, 11) is 1.54. The second-order valence-corrected chi connectivity index (χ2v) is 3.57. The number of nitrogens with zero attached hydrogens (tertiary/aromatic N) is 1. The number of carboxylic acids is 1. The third-order valence-electron chi connectivity index (χ3n) is 2.31. The van der Waals surface area contributed by atoms with Gasteiger partial charge in [-0.3, -0.25) is 0 Å². The van der Waals surface area contributed by atoms with Crippen molar-refractivity contribution >= 4 is 28.5 Å².